The molecule has 3 N–H and O–H groups in total. The minimum Gasteiger partial charge on any atom is -0.337 e. The lowest BCUT2D eigenvalue weighted by atomic mass is 10.1. The molecule has 0 atom stereocenters. The van der Waals surface area contributed by atoms with Crippen LogP contribution in [0.15, 0.2) is 61.1 Å². The summed E-state index contributed by atoms with van der Waals surface area (Å²) in [6.07, 6.45) is 5.15. The maximum atomic E-state index is 12.1. The molecule has 1 amide bonds. The summed E-state index contributed by atoms with van der Waals surface area (Å²) in [6.45, 7) is 5.82. The smallest absolute Gasteiger partial charge is 0.226 e. The van der Waals surface area contributed by atoms with E-state index in [1.807, 2.05) is 38.1 Å². The van der Waals surface area contributed by atoms with Crippen LogP contribution in [0.5, 0.6) is 0 Å². The van der Waals surface area contributed by atoms with Crippen LogP contribution in [0, 0.1) is 12.8 Å². The lowest BCUT2D eigenvalue weighted by molar-refractivity contribution is -0.118. The highest BCUT2D eigenvalue weighted by Crippen LogP contribution is 2.35. The second-order valence-corrected chi connectivity index (χ2v) is 10.3. The summed E-state index contributed by atoms with van der Waals surface area (Å²) in [5, 5.41) is 11.2. The number of rotatable bonds is 5. The van der Waals surface area contributed by atoms with Gasteiger partial charge in [-0.25, -0.2) is 9.97 Å². The van der Waals surface area contributed by atoms with Crippen LogP contribution in [-0.4, -0.2) is 36.0 Å². The van der Waals surface area contributed by atoms with Gasteiger partial charge in [0.25, 0.3) is 0 Å². The molecule has 178 valence electrons. The van der Waals surface area contributed by atoms with E-state index in [1.165, 1.54) is 9.75 Å². The fourth-order valence-electron chi connectivity index (χ4n) is 4.12. The van der Waals surface area contributed by atoms with Gasteiger partial charge in [0, 0.05) is 44.8 Å². The predicted molar refractivity (Wildman–Crippen MR) is 144 cm³/mol. The van der Waals surface area contributed by atoms with E-state index in [9.17, 15) is 4.79 Å². The Balaban J connectivity index is 1.41. The highest BCUT2D eigenvalue weighted by Gasteiger charge is 2.17. The zero-order valence-electron chi connectivity index (χ0n) is 20.0. The quantitative estimate of drug-likeness (QED) is 0.265. The highest BCUT2D eigenvalue weighted by atomic mass is 32.1. The van der Waals surface area contributed by atoms with E-state index in [0.717, 1.165) is 38.8 Å². The van der Waals surface area contributed by atoms with E-state index in [0.29, 0.717) is 17.2 Å². The van der Waals surface area contributed by atoms with Crippen molar-refractivity contribution >= 4 is 45.0 Å². The Bertz CT molecular complexity index is 1740. The number of nitrogens with one attached hydrogen (secondary N) is 3. The van der Waals surface area contributed by atoms with Gasteiger partial charge in [-0.2, -0.15) is 5.10 Å². The summed E-state index contributed by atoms with van der Waals surface area (Å²) in [4.78, 5) is 31.8. The Morgan fingerprint density at radius 2 is 1.92 bits per heavy atom. The van der Waals surface area contributed by atoms with Crippen molar-refractivity contribution in [2.24, 2.45) is 5.92 Å². The van der Waals surface area contributed by atoms with Crippen molar-refractivity contribution in [2.45, 2.75) is 20.8 Å². The number of aryl methyl sites for hydroxylation is 1. The Morgan fingerprint density at radius 3 is 2.72 bits per heavy atom. The number of anilines is 1. The van der Waals surface area contributed by atoms with Crippen LogP contribution in [0.2, 0.25) is 0 Å². The number of H-pyrrole nitrogens is 2. The number of carbonyl (C=O) groups is 1. The Morgan fingerprint density at radius 1 is 1.06 bits per heavy atom. The number of fused-ring (bicyclic) bond motifs is 2. The molecule has 0 bridgehead atoms. The third-order valence-electron chi connectivity index (χ3n) is 6.03. The van der Waals surface area contributed by atoms with Gasteiger partial charge in [-0.05, 0) is 37.3 Å². The topological polar surface area (TPSA) is 112 Å². The Labute approximate surface area is 210 Å². The van der Waals surface area contributed by atoms with Gasteiger partial charge in [-0.1, -0.05) is 26.0 Å². The van der Waals surface area contributed by atoms with E-state index in [4.69, 9.17) is 4.98 Å². The molecule has 0 radical (unpaired) electrons. The monoisotopic (exact) mass is 493 g/mol. The molecule has 8 nitrogen and oxygen atoms in total. The van der Waals surface area contributed by atoms with Crippen molar-refractivity contribution in [3.63, 3.8) is 0 Å². The van der Waals surface area contributed by atoms with Crippen LogP contribution in [0.4, 0.5) is 5.69 Å². The lowest BCUT2D eigenvalue weighted by Gasteiger charge is -2.09. The first-order valence-corrected chi connectivity index (χ1v) is 12.4. The van der Waals surface area contributed by atoms with Crippen molar-refractivity contribution in [3.05, 3.63) is 65.9 Å². The predicted octanol–water partition coefficient (Wildman–Crippen LogP) is 6.19. The highest BCUT2D eigenvalue weighted by molar-refractivity contribution is 7.15. The zero-order chi connectivity index (χ0) is 24.8. The molecule has 6 rings (SSSR count). The number of aromatic nitrogens is 6. The van der Waals surface area contributed by atoms with Crippen molar-refractivity contribution < 1.29 is 4.79 Å². The summed E-state index contributed by atoms with van der Waals surface area (Å²) < 4.78 is 0. The molecule has 0 fully saturated rings. The lowest BCUT2D eigenvalue weighted by Crippen LogP contribution is -2.17. The largest absolute Gasteiger partial charge is 0.337 e. The molecule has 0 aliphatic heterocycles. The van der Waals surface area contributed by atoms with Gasteiger partial charge >= 0.3 is 0 Å². The standard InChI is InChI=1S/C27H23N7OS/c1-14(2)27(35)30-18-9-16(11-28-13-18)17-10-20-24(33-34-25(20)29-12-17)26-31-21-6-4-5-19(23(21)32-26)22-8-7-15(3)36-22/h4-14H,1-3H3,(H,30,35)(H,31,32)(H,29,33,34). The molecule has 9 heteroatoms. The summed E-state index contributed by atoms with van der Waals surface area (Å²) in [6, 6.07) is 14.3. The van der Waals surface area contributed by atoms with Crippen LogP contribution in [0.1, 0.15) is 18.7 Å². The maximum Gasteiger partial charge on any atom is 0.226 e. The fourth-order valence-corrected chi connectivity index (χ4v) is 5.01. The molecule has 36 heavy (non-hydrogen) atoms. The van der Waals surface area contributed by atoms with Gasteiger partial charge in [-0.15, -0.1) is 11.3 Å². The number of thiophene rings is 1. The third-order valence-corrected chi connectivity index (χ3v) is 7.06. The van der Waals surface area contributed by atoms with E-state index in [2.05, 4.69) is 55.6 Å². The summed E-state index contributed by atoms with van der Waals surface area (Å²) in [5.41, 5.74) is 6.69. The number of hydrogen-bond donors (Lipinski definition) is 3. The van der Waals surface area contributed by atoms with Gasteiger partial charge < -0.3 is 10.3 Å². The average molecular weight is 494 g/mol. The number of carbonyl (C=O) groups excluding carboxylic acids is 1. The second kappa shape index (κ2) is 8.69. The minimum atomic E-state index is -0.117. The first-order valence-electron chi connectivity index (χ1n) is 11.6. The first-order chi connectivity index (χ1) is 17.5. The number of para-hydroxylation sites is 1. The first kappa shape index (κ1) is 22.1. The molecular formula is C27H23N7OS. The van der Waals surface area contributed by atoms with E-state index >= 15 is 0 Å². The van der Waals surface area contributed by atoms with Gasteiger partial charge in [0.2, 0.25) is 5.91 Å². The van der Waals surface area contributed by atoms with Crippen molar-refractivity contribution in [1.29, 1.82) is 0 Å². The number of aromatic amines is 2. The molecule has 0 aliphatic carbocycles. The summed E-state index contributed by atoms with van der Waals surface area (Å²) >= 11 is 1.75. The van der Waals surface area contributed by atoms with Crippen LogP contribution in [0.3, 0.4) is 0 Å². The number of pyridine rings is 2. The summed E-state index contributed by atoms with van der Waals surface area (Å²) in [5.74, 6) is 0.526. The number of amides is 1. The van der Waals surface area contributed by atoms with Crippen LogP contribution < -0.4 is 5.32 Å². The molecule has 5 aromatic heterocycles. The van der Waals surface area contributed by atoms with Gasteiger partial charge in [0.1, 0.15) is 5.69 Å². The number of nitrogens with zero attached hydrogens (tertiary/aromatic N) is 4. The molecule has 6 aromatic rings. The molecule has 0 spiro atoms. The molecule has 0 saturated carbocycles. The average Bonchev–Trinajstić information content (AvgIpc) is 3.61. The zero-order valence-corrected chi connectivity index (χ0v) is 20.8. The van der Waals surface area contributed by atoms with Gasteiger partial charge in [0.05, 0.1) is 28.3 Å². The SMILES string of the molecule is Cc1ccc(-c2cccc3[nH]c(-c4[nH]nc5ncc(-c6cncc(NC(=O)C(C)C)c6)cc45)nc23)s1. The van der Waals surface area contributed by atoms with E-state index < -0.39 is 0 Å². The third kappa shape index (κ3) is 3.93. The van der Waals surface area contributed by atoms with E-state index in [-0.39, 0.29) is 11.8 Å². The number of benzene rings is 1. The number of hydrogen-bond acceptors (Lipinski definition) is 6. The van der Waals surface area contributed by atoms with E-state index in [1.54, 1.807) is 29.9 Å². The minimum absolute atomic E-state index is 0.0541. The van der Waals surface area contributed by atoms with Crippen LogP contribution in [0.25, 0.3) is 55.2 Å². The normalized spacial score (nSPS) is 11.6. The van der Waals surface area contributed by atoms with Crippen LogP contribution in [-0.2, 0) is 4.79 Å². The second-order valence-electron chi connectivity index (χ2n) is 9.00. The van der Waals surface area contributed by atoms with Crippen molar-refractivity contribution in [2.75, 3.05) is 5.32 Å². The van der Waals surface area contributed by atoms with Gasteiger partial charge in [-0.3, -0.25) is 14.9 Å². The maximum absolute atomic E-state index is 12.1. The Kier molecular flexibility index (Phi) is 5.34. The van der Waals surface area contributed by atoms with Crippen molar-refractivity contribution in [1.82, 2.24) is 30.1 Å². The molecule has 0 aliphatic rings. The summed E-state index contributed by atoms with van der Waals surface area (Å²) in [7, 11) is 0. The molecular weight excluding hydrogens is 470 g/mol. The molecule has 0 unspecified atom stereocenters. The van der Waals surface area contributed by atoms with Crippen molar-refractivity contribution in [3.8, 4) is 33.1 Å². The molecule has 1 aromatic carbocycles. The number of imidazole rings is 1. The Hall–Kier alpha value is -4.37. The molecule has 5 heterocycles. The fraction of sp³-hybridized carbons (Fsp3) is 0.148. The van der Waals surface area contributed by atoms with Crippen LogP contribution >= 0.6 is 11.3 Å². The van der Waals surface area contributed by atoms with Gasteiger partial charge in [0.15, 0.2) is 11.5 Å². The molecule has 0 saturated heterocycles.